The number of ether oxygens (including phenoxy) is 2. The second kappa shape index (κ2) is 8.45. The number of hydrogen-bond donors (Lipinski definition) is 1. The van der Waals surface area contributed by atoms with Crippen LogP contribution >= 0.6 is 15.9 Å². The van der Waals surface area contributed by atoms with Crippen LogP contribution in [0.1, 0.15) is 5.56 Å². The van der Waals surface area contributed by atoms with Crippen molar-refractivity contribution in [3.8, 4) is 0 Å². The normalized spacial score (nSPS) is 19.4. The molecular formula is C15H21BrFN3O2. The van der Waals surface area contributed by atoms with Gasteiger partial charge in [-0.1, -0.05) is 15.9 Å². The van der Waals surface area contributed by atoms with E-state index in [2.05, 4.69) is 31.1 Å². The van der Waals surface area contributed by atoms with Crippen LogP contribution in [0.2, 0.25) is 0 Å². The lowest BCUT2D eigenvalue weighted by molar-refractivity contribution is -0.0447. The summed E-state index contributed by atoms with van der Waals surface area (Å²) in [5, 5.41) is 3.27. The maximum atomic E-state index is 13.3. The summed E-state index contributed by atoms with van der Waals surface area (Å²) < 4.78 is 25.0. The highest BCUT2D eigenvalue weighted by Gasteiger charge is 2.22. The zero-order chi connectivity index (χ0) is 15.9. The van der Waals surface area contributed by atoms with E-state index in [-0.39, 0.29) is 11.9 Å². The Morgan fingerprint density at radius 1 is 1.59 bits per heavy atom. The third-order valence-electron chi connectivity index (χ3n) is 3.45. The first-order chi connectivity index (χ1) is 10.6. The van der Waals surface area contributed by atoms with E-state index in [4.69, 9.17) is 9.47 Å². The predicted molar refractivity (Wildman–Crippen MR) is 87.5 cm³/mol. The van der Waals surface area contributed by atoms with Crippen LogP contribution in [0, 0.1) is 5.82 Å². The third kappa shape index (κ3) is 4.66. The van der Waals surface area contributed by atoms with Crippen molar-refractivity contribution >= 4 is 21.9 Å². The number of guanidine groups is 1. The second-order valence-corrected chi connectivity index (χ2v) is 5.88. The van der Waals surface area contributed by atoms with Gasteiger partial charge >= 0.3 is 0 Å². The fourth-order valence-electron chi connectivity index (χ4n) is 2.38. The van der Waals surface area contributed by atoms with Crippen LogP contribution < -0.4 is 5.32 Å². The fourth-order valence-corrected chi connectivity index (χ4v) is 2.77. The minimum absolute atomic E-state index is 0.0400. The van der Waals surface area contributed by atoms with Gasteiger partial charge in [0.25, 0.3) is 0 Å². The van der Waals surface area contributed by atoms with Gasteiger partial charge in [-0.05, 0) is 23.8 Å². The first kappa shape index (κ1) is 17.2. The summed E-state index contributed by atoms with van der Waals surface area (Å²) in [4.78, 5) is 6.42. The van der Waals surface area contributed by atoms with Crippen molar-refractivity contribution in [2.45, 2.75) is 12.6 Å². The monoisotopic (exact) mass is 373 g/mol. The summed E-state index contributed by atoms with van der Waals surface area (Å²) in [7, 11) is 3.40. The quantitative estimate of drug-likeness (QED) is 0.647. The number of aliphatic imine (C=N–C) groups is 1. The molecule has 0 amide bonds. The number of methoxy groups -OCH3 is 1. The van der Waals surface area contributed by atoms with Crippen LogP contribution in [0.15, 0.2) is 27.7 Å². The van der Waals surface area contributed by atoms with E-state index < -0.39 is 0 Å². The van der Waals surface area contributed by atoms with E-state index in [1.165, 1.54) is 12.1 Å². The smallest absolute Gasteiger partial charge is 0.194 e. The molecule has 5 nitrogen and oxygen atoms in total. The summed E-state index contributed by atoms with van der Waals surface area (Å²) >= 11 is 3.43. The summed E-state index contributed by atoms with van der Waals surface area (Å²) in [6.07, 6.45) is 0.0400. The largest absolute Gasteiger partial charge is 0.382 e. The summed E-state index contributed by atoms with van der Waals surface area (Å²) in [6, 6.07) is 4.65. The van der Waals surface area contributed by atoms with E-state index in [0.29, 0.717) is 19.8 Å². The standard InChI is InChI=1S/C15H21BrFN3O2/c1-18-15(20-5-6-22-13(9-20)10-21-2)19-8-11-7-12(17)3-4-14(11)16/h3-4,7,13H,5-6,8-10H2,1-2H3,(H,18,19). The molecule has 0 aliphatic carbocycles. The number of morpholine rings is 1. The minimum Gasteiger partial charge on any atom is -0.382 e. The van der Waals surface area contributed by atoms with Crippen molar-refractivity contribution in [3.05, 3.63) is 34.1 Å². The van der Waals surface area contributed by atoms with E-state index >= 15 is 0 Å². The van der Waals surface area contributed by atoms with Gasteiger partial charge in [0.15, 0.2) is 5.96 Å². The maximum absolute atomic E-state index is 13.3. The Bertz CT molecular complexity index is 526. The lowest BCUT2D eigenvalue weighted by Gasteiger charge is -2.34. The molecule has 0 spiro atoms. The number of halogens is 2. The molecule has 0 aromatic heterocycles. The maximum Gasteiger partial charge on any atom is 0.194 e. The van der Waals surface area contributed by atoms with Crippen molar-refractivity contribution in [1.29, 1.82) is 0 Å². The van der Waals surface area contributed by atoms with Gasteiger partial charge in [0.2, 0.25) is 0 Å². The van der Waals surface area contributed by atoms with E-state index in [1.54, 1.807) is 20.2 Å². The molecule has 7 heteroatoms. The molecule has 1 aromatic carbocycles. The van der Waals surface area contributed by atoms with Crippen LogP contribution in [-0.4, -0.2) is 57.4 Å². The molecule has 0 bridgehead atoms. The predicted octanol–water partition coefficient (Wildman–Crippen LogP) is 2.01. The topological polar surface area (TPSA) is 46.1 Å². The van der Waals surface area contributed by atoms with Crippen molar-refractivity contribution in [3.63, 3.8) is 0 Å². The lowest BCUT2D eigenvalue weighted by atomic mass is 10.2. The van der Waals surface area contributed by atoms with E-state index in [0.717, 1.165) is 29.1 Å². The van der Waals surface area contributed by atoms with Crippen LogP contribution in [-0.2, 0) is 16.0 Å². The molecule has 1 aliphatic rings. The molecule has 1 saturated heterocycles. The van der Waals surface area contributed by atoms with E-state index in [9.17, 15) is 4.39 Å². The highest BCUT2D eigenvalue weighted by Crippen LogP contribution is 2.17. The summed E-state index contributed by atoms with van der Waals surface area (Å²) in [5.74, 6) is 0.530. The van der Waals surface area contributed by atoms with Gasteiger partial charge in [-0.25, -0.2) is 4.39 Å². The number of benzene rings is 1. The van der Waals surface area contributed by atoms with Gasteiger partial charge in [-0.2, -0.15) is 0 Å². The molecule has 1 aromatic rings. The number of hydrogen-bond acceptors (Lipinski definition) is 3. The van der Waals surface area contributed by atoms with Crippen LogP contribution in [0.5, 0.6) is 0 Å². The Labute approximate surface area is 138 Å². The first-order valence-electron chi connectivity index (χ1n) is 7.14. The lowest BCUT2D eigenvalue weighted by Crippen LogP contribution is -2.51. The van der Waals surface area contributed by atoms with Crippen LogP contribution in [0.4, 0.5) is 4.39 Å². The van der Waals surface area contributed by atoms with Gasteiger partial charge in [0.05, 0.1) is 19.3 Å². The van der Waals surface area contributed by atoms with Gasteiger partial charge in [-0.3, -0.25) is 4.99 Å². The van der Waals surface area contributed by atoms with Gasteiger partial charge < -0.3 is 19.7 Å². The third-order valence-corrected chi connectivity index (χ3v) is 4.22. The Morgan fingerprint density at radius 3 is 3.14 bits per heavy atom. The molecule has 0 saturated carbocycles. The molecule has 0 radical (unpaired) electrons. The SMILES string of the molecule is CN=C(NCc1cc(F)ccc1Br)N1CCOC(COC)C1. The zero-order valence-corrected chi connectivity index (χ0v) is 14.4. The number of nitrogens with zero attached hydrogens (tertiary/aromatic N) is 2. The molecule has 1 atom stereocenters. The zero-order valence-electron chi connectivity index (χ0n) is 12.8. The molecule has 2 rings (SSSR count). The molecule has 22 heavy (non-hydrogen) atoms. The summed E-state index contributed by atoms with van der Waals surface area (Å²) in [6.45, 7) is 3.18. The second-order valence-electron chi connectivity index (χ2n) is 5.03. The highest BCUT2D eigenvalue weighted by atomic mass is 79.9. The Hall–Kier alpha value is -1.18. The average molecular weight is 374 g/mol. The summed E-state index contributed by atoms with van der Waals surface area (Å²) in [5.41, 5.74) is 0.850. The Kier molecular flexibility index (Phi) is 6.60. The first-order valence-corrected chi connectivity index (χ1v) is 7.93. The van der Waals surface area contributed by atoms with Crippen molar-refractivity contribution in [1.82, 2.24) is 10.2 Å². The van der Waals surface area contributed by atoms with Crippen LogP contribution in [0.3, 0.4) is 0 Å². The average Bonchev–Trinajstić information content (AvgIpc) is 2.52. The molecular weight excluding hydrogens is 353 g/mol. The van der Waals surface area contributed by atoms with E-state index in [1.807, 2.05) is 0 Å². The van der Waals surface area contributed by atoms with Gasteiger partial charge in [0, 0.05) is 38.3 Å². The van der Waals surface area contributed by atoms with Gasteiger partial charge in [0.1, 0.15) is 5.82 Å². The fraction of sp³-hybridized carbons (Fsp3) is 0.533. The molecule has 1 heterocycles. The number of nitrogens with one attached hydrogen (secondary N) is 1. The van der Waals surface area contributed by atoms with Crippen molar-refractivity contribution in [2.75, 3.05) is 40.5 Å². The molecule has 1 unspecified atom stereocenters. The molecule has 1 aliphatic heterocycles. The Balaban J connectivity index is 1.96. The highest BCUT2D eigenvalue weighted by molar-refractivity contribution is 9.10. The Morgan fingerprint density at radius 2 is 2.41 bits per heavy atom. The molecule has 122 valence electrons. The van der Waals surface area contributed by atoms with Crippen molar-refractivity contribution in [2.24, 2.45) is 4.99 Å². The van der Waals surface area contributed by atoms with Crippen LogP contribution in [0.25, 0.3) is 0 Å². The molecule has 1 fully saturated rings. The van der Waals surface area contributed by atoms with Crippen molar-refractivity contribution < 1.29 is 13.9 Å². The number of rotatable bonds is 4. The van der Waals surface area contributed by atoms with Gasteiger partial charge in [-0.15, -0.1) is 0 Å². The molecule has 1 N–H and O–H groups in total. The minimum atomic E-state index is -0.249.